The summed E-state index contributed by atoms with van der Waals surface area (Å²) in [6.45, 7) is 0.595. The molecule has 0 aromatic carbocycles. The minimum Gasteiger partial charge on any atom is -0.492 e. The number of rotatable bonds is 4. The zero-order chi connectivity index (χ0) is 9.68. The van der Waals surface area contributed by atoms with Crippen LogP contribution >= 0.6 is 27.3 Å². The molecular weight excluding hydrogens is 256 g/mol. The fourth-order valence-electron chi connectivity index (χ4n) is 0.759. The highest BCUT2D eigenvalue weighted by atomic mass is 79.9. The van der Waals surface area contributed by atoms with Crippen molar-refractivity contribution in [3.63, 3.8) is 0 Å². The van der Waals surface area contributed by atoms with Crippen LogP contribution < -0.4 is 4.74 Å². The summed E-state index contributed by atoms with van der Waals surface area (Å²) < 4.78 is 9.85. The maximum Gasteiger partial charge on any atom is 0.348 e. The predicted molar refractivity (Wildman–Crippen MR) is 54.9 cm³/mol. The lowest BCUT2D eigenvalue weighted by Crippen LogP contribution is -1.98. The summed E-state index contributed by atoms with van der Waals surface area (Å²) in [6, 6.07) is 1.68. The summed E-state index contributed by atoms with van der Waals surface area (Å²) in [7, 11) is 1.36. The molecule has 0 N–H and O–H groups in total. The van der Waals surface area contributed by atoms with Crippen LogP contribution in [0.25, 0.3) is 0 Å². The third kappa shape index (κ3) is 3.00. The fraction of sp³-hybridized carbons (Fsp3) is 0.375. The minimum absolute atomic E-state index is 0.321. The monoisotopic (exact) mass is 264 g/mol. The van der Waals surface area contributed by atoms with Crippen molar-refractivity contribution in [3.8, 4) is 5.75 Å². The molecule has 1 rings (SSSR count). The number of hydrogen-bond acceptors (Lipinski definition) is 4. The molecule has 0 saturated carbocycles. The summed E-state index contributed by atoms with van der Waals surface area (Å²) in [5, 5.41) is 2.56. The van der Waals surface area contributed by atoms with E-state index in [4.69, 9.17) is 4.74 Å². The molecule has 0 radical (unpaired) electrons. The van der Waals surface area contributed by atoms with Crippen LogP contribution in [-0.2, 0) is 4.74 Å². The Balaban J connectivity index is 2.58. The number of methoxy groups -OCH3 is 1. The van der Waals surface area contributed by atoms with Crippen molar-refractivity contribution in [2.24, 2.45) is 0 Å². The second-order valence-corrected chi connectivity index (χ2v) is 3.88. The SMILES string of the molecule is COC(=O)c1cc(OCCBr)cs1. The van der Waals surface area contributed by atoms with Crippen molar-refractivity contribution in [2.75, 3.05) is 19.0 Å². The molecule has 3 nitrogen and oxygen atoms in total. The number of halogens is 1. The lowest BCUT2D eigenvalue weighted by molar-refractivity contribution is 0.0606. The summed E-state index contributed by atoms with van der Waals surface area (Å²) in [5.74, 6) is 0.392. The van der Waals surface area contributed by atoms with E-state index < -0.39 is 0 Å². The van der Waals surface area contributed by atoms with E-state index in [9.17, 15) is 4.79 Å². The van der Waals surface area contributed by atoms with Crippen LogP contribution in [0.3, 0.4) is 0 Å². The van der Waals surface area contributed by atoms with E-state index >= 15 is 0 Å². The van der Waals surface area contributed by atoms with E-state index in [1.54, 1.807) is 11.4 Å². The van der Waals surface area contributed by atoms with Gasteiger partial charge in [0.15, 0.2) is 0 Å². The highest BCUT2D eigenvalue weighted by Gasteiger charge is 2.08. The van der Waals surface area contributed by atoms with Gasteiger partial charge in [0.1, 0.15) is 10.6 Å². The van der Waals surface area contributed by atoms with Gasteiger partial charge in [0.2, 0.25) is 0 Å². The van der Waals surface area contributed by atoms with Crippen LogP contribution in [0.15, 0.2) is 11.4 Å². The first-order valence-electron chi connectivity index (χ1n) is 3.63. The van der Waals surface area contributed by atoms with Crippen LogP contribution in [0.5, 0.6) is 5.75 Å². The standard InChI is InChI=1S/C8H9BrO3S/c1-11-8(10)7-4-6(5-13-7)12-3-2-9/h4-5H,2-3H2,1H3. The Kier molecular flexibility index (Phi) is 4.24. The summed E-state index contributed by atoms with van der Waals surface area (Å²) in [4.78, 5) is 11.6. The van der Waals surface area contributed by atoms with Crippen molar-refractivity contribution in [1.29, 1.82) is 0 Å². The van der Waals surface area contributed by atoms with Crippen LogP contribution in [-0.4, -0.2) is 25.0 Å². The number of alkyl halides is 1. The number of ether oxygens (including phenoxy) is 2. The predicted octanol–water partition coefficient (Wildman–Crippen LogP) is 2.31. The zero-order valence-corrected chi connectivity index (χ0v) is 9.48. The minimum atomic E-state index is -0.321. The normalized spacial score (nSPS) is 9.69. The van der Waals surface area contributed by atoms with Crippen LogP contribution in [0.4, 0.5) is 0 Å². The van der Waals surface area contributed by atoms with Gasteiger partial charge in [-0.15, -0.1) is 11.3 Å². The number of esters is 1. The molecule has 72 valence electrons. The van der Waals surface area contributed by atoms with Crippen molar-refractivity contribution in [1.82, 2.24) is 0 Å². The van der Waals surface area contributed by atoms with Crippen molar-refractivity contribution in [3.05, 3.63) is 16.3 Å². The smallest absolute Gasteiger partial charge is 0.348 e. The number of hydrogen-bond donors (Lipinski definition) is 0. The van der Waals surface area contributed by atoms with E-state index in [2.05, 4.69) is 20.7 Å². The molecule has 0 spiro atoms. The van der Waals surface area contributed by atoms with Crippen molar-refractivity contribution in [2.45, 2.75) is 0 Å². The van der Waals surface area contributed by atoms with Crippen LogP contribution in [0.2, 0.25) is 0 Å². The van der Waals surface area contributed by atoms with Gasteiger partial charge in [-0.1, -0.05) is 15.9 Å². The molecule has 0 amide bonds. The maximum atomic E-state index is 11.0. The molecule has 0 unspecified atom stereocenters. The largest absolute Gasteiger partial charge is 0.492 e. The van der Waals surface area contributed by atoms with Gasteiger partial charge in [0.05, 0.1) is 13.7 Å². The Hall–Kier alpha value is -0.550. The lowest BCUT2D eigenvalue weighted by Gasteiger charge is -1.98. The number of carbonyl (C=O) groups excluding carboxylic acids is 1. The molecule has 0 bridgehead atoms. The van der Waals surface area contributed by atoms with Gasteiger partial charge < -0.3 is 9.47 Å². The van der Waals surface area contributed by atoms with Gasteiger partial charge in [-0.2, -0.15) is 0 Å². The quantitative estimate of drug-likeness (QED) is 0.619. The zero-order valence-electron chi connectivity index (χ0n) is 7.08. The first kappa shape index (κ1) is 10.5. The van der Waals surface area contributed by atoms with Crippen LogP contribution in [0, 0.1) is 0 Å². The van der Waals surface area contributed by atoms with Gasteiger partial charge in [-0.3, -0.25) is 0 Å². The van der Waals surface area contributed by atoms with E-state index in [1.807, 2.05) is 0 Å². The molecule has 0 aliphatic carbocycles. The summed E-state index contributed by atoms with van der Waals surface area (Å²) in [6.07, 6.45) is 0. The van der Waals surface area contributed by atoms with E-state index in [-0.39, 0.29) is 5.97 Å². The van der Waals surface area contributed by atoms with Crippen molar-refractivity contribution < 1.29 is 14.3 Å². The topological polar surface area (TPSA) is 35.5 Å². The van der Waals surface area contributed by atoms with Gasteiger partial charge in [-0.25, -0.2) is 4.79 Å². The molecule has 0 aliphatic rings. The first-order chi connectivity index (χ1) is 6.27. The van der Waals surface area contributed by atoms with Crippen molar-refractivity contribution >= 4 is 33.2 Å². The Bertz CT molecular complexity index is 285. The molecule has 0 fully saturated rings. The van der Waals surface area contributed by atoms with Gasteiger partial charge >= 0.3 is 5.97 Å². The molecule has 0 aliphatic heterocycles. The molecule has 0 saturated heterocycles. The van der Waals surface area contributed by atoms with Crippen LogP contribution in [0.1, 0.15) is 9.67 Å². The molecular formula is C8H9BrO3S. The Morgan fingerprint density at radius 1 is 1.69 bits per heavy atom. The summed E-state index contributed by atoms with van der Waals surface area (Å²) in [5.41, 5.74) is 0. The average molecular weight is 265 g/mol. The van der Waals surface area contributed by atoms with E-state index in [1.165, 1.54) is 18.4 Å². The maximum absolute atomic E-state index is 11.0. The molecule has 0 atom stereocenters. The second-order valence-electron chi connectivity index (χ2n) is 2.18. The fourth-order valence-corrected chi connectivity index (χ4v) is 1.66. The molecule has 13 heavy (non-hydrogen) atoms. The first-order valence-corrected chi connectivity index (χ1v) is 5.63. The number of carbonyl (C=O) groups is 1. The third-order valence-corrected chi connectivity index (χ3v) is 2.52. The van der Waals surface area contributed by atoms with E-state index in [0.29, 0.717) is 17.2 Å². The number of thiophene rings is 1. The Labute approximate surface area is 88.8 Å². The lowest BCUT2D eigenvalue weighted by atomic mass is 10.4. The molecule has 1 heterocycles. The highest BCUT2D eigenvalue weighted by Crippen LogP contribution is 2.22. The summed E-state index contributed by atoms with van der Waals surface area (Å²) >= 11 is 4.56. The average Bonchev–Trinajstić information content (AvgIpc) is 2.62. The Morgan fingerprint density at radius 2 is 2.46 bits per heavy atom. The molecule has 1 aromatic rings. The third-order valence-electron chi connectivity index (χ3n) is 1.31. The Morgan fingerprint density at radius 3 is 3.08 bits per heavy atom. The van der Waals surface area contributed by atoms with Gasteiger partial charge in [0, 0.05) is 16.8 Å². The van der Waals surface area contributed by atoms with E-state index in [0.717, 1.165) is 5.33 Å². The van der Waals surface area contributed by atoms with Gasteiger partial charge in [-0.05, 0) is 0 Å². The highest BCUT2D eigenvalue weighted by molar-refractivity contribution is 9.09. The molecule has 5 heteroatoms. The molecule has 1 aromatic heterocycles. The second kappa shape index (κ2) is 5.24. The van der Waals surface area contributed by atoms with Gasteiger partial charge in [0.25, 0.3) is 0 Å².